The van der Waals surface area contributed by atoms with Gasteiger partial charge in [-0.15, -0.1) is 10.2 Å². The summed E-state index contributed by atoms with van der Waals surface area (Å²) in [5.74, 6) is -0.278. The first kappa shape index (κ1) is 19.3. The van der Waals surface area contributed by atoms with Gasteiger partial charge in [-0.05, 0) is 38.1 Å². The Morgan fingerprint density at radius 1 is 1.21 bits per heavy atom. The van der Waals surface area contributed by atoms with Gasteiger partial charge in [0.2, 0.25) is 5.88 Å². The SMILES string of the molecule is CNC1CCC(F)[C@@H](Oc2ccc(-c3ccc(-n4cc(F)cn4)cc3O)nn2)C1. The second-order valence-electron chi connectivity index (χ2n) is 7.03. The Bertz CT molecular complexity index is 979. The van der Waals surface area contributed by atoms with Crippen LogP contribution in [-0.4, -0.2) is 50.4 Å². The van der Waals surface area contributed by atoms with Crippen molar-refractivity contribution in [3.8, 4) is 28.6 Å². The molecule has 1 aliphatic carbocycles. The van der Waals surface area contributed by atoms with Crippen molar-refractivity contribution in [3.05, 3.63) is 48.5 Å². The molecular weight excluding hydrogens is 380 g/mol. The Kier molecular flexibility index (Phi) is 5.39. The molecule has 0 aliphatic heterocycles. The molecule has 3 aromatic rings. The van der Waals surface area contributed by atoms with Gasteiger partial charge in [0.1, 0.15) is 18.0 Å². The van der Waals surface area contributed by atoms with Gasteiger partial charge in [0, 0.05) is 30.2 Å². The highest BCUT2D eigenvalue weighted by atomic mass is 19.1. The maximum absolute atomic E-state index is 14.2. The summed E-state index contributed by atoms with van der Waals surface area (Å²) in [5, 5.41) is 25.5. The van der Waals surface area contributed by atoms with Crippen LogP contribution >= 0.6 is 0 Å². The van der Waals surface area contributed by atoms with Crippen LogP contribution in [0.3, 0.4) is 0 Å². The minimum absolute atomic E-state index is 0.0469. The molecule has 2 aromatic heterocycles. The molecule has 0 spiro atoms. The summed E-state index contributed by atoms with van der Waals surface area (Å²) in [5.41, 5.74) is 1.40. The summed E-state index contributed by atoms with van der Waals surface area (Å²) in [6.07, 6.45) is 2.49. The largest absolute Gasteiger partial charge is 0.507 e. The summed E-state index contributed by atoms with van der Waals surface area (Å²) in [7, 11) is 1.86. The zero-order chi connectivity index (χ0) is 20.4. The zero-order valence-corrected chi connectivity index (χ0v) is 15.8. The van der Waals surface area contributed by atoms with Crippen molar-refractivity contribution in [1.29, 1.82) is 0 Å². The molecule has 4 rings (SSSR count). The van der Waals surface area contributed by atoms with Crippen LogP contribution in [0.5, 0.6) is 11.6 Å². The van der Waals surface area contributed by atoms with Crippen molar-refractivity contribution in [3.63, 3.8) is 0 Å². The first-order valence-electron chi connectivity index (χ1n) is 9.39. The zero-order valence-electron chi connectivity index (χ0n) is 15.8. The molecule has 2 unspecified atom stereocenters. The van der Waals surface area contributed by atoms with Crippen molar-refractivity contribution < 1.29 is 18.6 Å². The van der Waals surface area contributed by atoms with E-state index in [-0.39, 0.29) is 17.7 Å². The number of phenolic OH excluding ortho intramolecular Hbond substituents is 1. The first-order chi connectivity index (χ1) is 14.0. The van der Waals surface area contributed by atoms with E-state index in [1.807, 2.05) is 7.05 Å². The summed E-state index contributed by atoms with van der Waals surface area (Å²) in [4.78, 5) is 0. The summed E-state index contributed by atoms with van der Waals surface area (Å²) < 4.78 is 34.3. The molecule has 2 heterocycles. The molecule has 1 fully saturated rings. The third-order valence-electron chi connectivity index (χ3n) is 5.10. The van der Waals surface area contributed by atoms with Gasteiger partial charge in [-0.2, -0.15) is 5.10 Å². The second kappa shape index (κ2) is 8.12. The van der Waals surface area contributed by atoms with Gasteiger partial charge in [-0.3, -0.25) is 0 Å². The number of hydrogen-bond acceptors (Lipinski definition) is 6. The second-order valence-corrected chi connectivity index (χ2v) is 7.03. The molecular formula is C20H21F2N5O2. The minimum atomic E-state index is -1.04. The molecule has 1 aromatic carbocycles. The average Bonchev–Trinajstić information content (AvgIpc) is 3.17. The van der Waals surface area contributed by atoms with E-state index in [1.54, 1.807) is 24.3 Å². The number of hydrogen-bond donors (Lipinski definition) is 2. The van der Waals surface area contributed by atoms with Crippen LogP contribution in [0.15, 0.2) is 42.7 Å². The van der Waals surface area contributed by atoms with E-state index in [2.05, 4.69) is 20.6 Å². The third-order valence-corrected chi connectivity index (χ3v) is 5.10. The van der Waals surface area contributed by atoms with E-state index in [0.717, 1.165) is 12.6 Å². The summed E-state index contributed by atoms with van der Waals surface area (Å²) in [6, 6.07) is 8.26. The molecule has 0 radical (unpaired) electrons. The number of benzene rings is 1. The molecule has 3 atom stereocenters. The molecule has 152 valence electrons. The van der Waals surface area contributed by atoms with E-state index in [0.29, 0.717) is 29.8 Å². The number of alkyl halides is 1. The van der Waals surface area contributed by atoms with Crippen LogP contribution in [0.4, 0.5) is 8.78 Å². The van der Waals surface area contributed by atoms with Crippen molar-refractivity contribution in [2.24, 2.45) is 0 Å². The number of nitrogens with one attached hydrogen (secondary N) is 1. The first-order valence-corrected chi connectivity index (χ1v) is 9.39. The number of aromatic hydroxyl groups is 1. The maximum Gasteiger partial charge on any atom is 0.233 e. The van der Waals surface area contributed by atoms with Gasteiger partial charge < -0.3 is 15.2 Å². The lowest BCUT2D eigenvalue weighted by Crippen LogP contribution is -2.42. The van der Waals surface area contributed by atoms with Crippen molar-refractivity contribution in [1.82, 2.24) is 25.3 Å². The lowest BCUT2D eigenvalue weighted by atomic mass is 9.91. The van der Waals surface area contributed by atoms with Crippen LogP contribution < -0.4 is 10.1 Å². The fourth-order valence-electron chi connectivity index (χ4n) is 3.48. The van der Waals surface area contributed by atoms with Crippen LogP contribution in [0, 0.1) is 5.82 Å². The Balaban J connectivity index is 1.49. The number of ether oxygens (including phenoxy) is 1. The van der Waals surface area contributed by atoms with Crippen LogP contribution in [0.25, 0.3) is 16.9 Å². The standard InChI is InChI=1S/C20H21F2N5O2/c1-23-13-2-5-16(22)19(8-13)29-20-7-6-17(25-26-20)15-4-3-14(9-18(15)28)27-11-12(21)10-24-27/h3-4,6-7,9-11,13,16,19,23,28H,2,5,8H2,1H3/t13?,16?,19-/m0/s1. The Morgan fingerprint density at radius 2 is 2.07 bits per heavy atom. The van der Waals surface area contributed by atoms with E-state index in [9.17, 15) is 13.9 Å². The number of halogens is 2. The van der Waals surface area contributed by atoms with E-state index in [4.69, 9.17) is 4.74 Å². The summed E-state index contributed by atoms with van der Waals surface area (Å²) in [6.45, 7) is 0. The highest BCUT2D eigenvalue weighted by Crippen LogP contribution is 2.31. The Hall–Kier alpha value is -3.07. The predicted molar refractivity (Wildman–Crippen MR) is 102 cm³/mol. The van der Waals surface area contributed by atoms with Crippen LogP contribution in [0.2, 0.25) is 0 Å². The van der Waals surface area contributed by atoms with Gasteiger partial charge in [-0.25, -0.2) is 13.5 Å². The fraction of sp³-hybridized carbons (Fsp3) is 0.350. The predicted octanol–water partition coefficient (Wildman–Crippen LogP) is 3.03. The van der Waals surface area contributed by atoms with E-state index in [1.165, 1.54) is 16.9 Å². The van der Waals surface area contributed by atoms with Crippen LogP contribution in [0.1, 0.15) is 19.3 Å². The molecule has 9 heteroatoms. The monoisotopic (exact) mass is 401 g/mol. The number of phenols is 1. The number of aromatic nitrogens is 4. The normalized spacial score (nSPS) is 21.8. The lowest BCUT2D eigenvalue weighted by molar-refractivity contribution is 0.0473. The van der Waals surface area contributed by atoms with E-state index < -0.39 is 18.1 Å². The smallest absolute Gasteiger partial charge is 0.233 e. The number of rotatable bonds is 5. The highest BCUT2D eigenvalue weighted by molar-refractivity contribution is 5.68. The van der Waals surface area contributed by atoms with Gasteiger partial charge in [0.25, 0.3) is 0 Å². The Labute approximate surface area is 166 Å². The quantitative estimate of drug-likeness (QED) is 0.684. The van der Waals surface area contributed by atoms with Gasteiger partial charge >= 0.3 is 0 Å². The van der Waals surface area contributed by atoms with Crippen molar-refractivity contribution in [2.45, 2.75) is 37.6 Å². The molecule has 0 saturated heterocycles. The fourth-order valence-corrected chi connectivity index (χ4v) is 3.48. The Morgan fingerprint density at radius 3 is 2.72 bits per heavy atom. The third kappa shape index (κ3) is 4.19. The lowest BCUT2D eigenvalue weighted by Gasteiger charge is -2.31. The molecule has 1 aliphatic rings. The molecule has 1 saturated carbocycles. The summed E-state index contributed by atoms with van der Waals surface area (Å²) >= 11 is 0. The van der Waals surface area contributed by atoms with Crippen molar-refractivity contribution in [2.75, 3.05) is 7.05 Å². The van der Waals surface area contributed by atoms with Gasteiger partial charge in [-0.1, -0.05) is 0 Å². The molecule has 7 nitrogen and oxygen atoms in total. The molecule has 2 N–H and O–H groups in total. The molecule has 0 bridgehead atoms. The molecule has 0 amide bonds. The van der Waals surface area contributed by atoms with Crippen LogP contribution in [-0.2, 0) is 0 Å². The van der Waals surface area contributed by atoms with Gasteiger partial charge in [0.05, 0.1) is 23.8 Å². The highest BCUT2D eigenvalue weighted by Gasteiger charge is 2.31. The van der Waals surface area contributed by atoms with Crippen molar-refractivity contribution >= 4 is 0 Å². The average molecular weight is 401 g/mol. The molecule has 29 heavy (non-hydrogen) atoms. The minimum Gasteiger partial charge on any atom is -0.507 e. The number of nitrogens with zero attached hydrogens (tertiary/aromatic N) is 4. The topological polar surface area (TPSA) is 85.1 Å². The van der Waals surface area contributed by atoms with Gasteiger partial charge in [0.15, 0.2) is 5.82 Å². The maximum atomic E-state index is 14.2. The van der Waals surface area contributed by atoms with E-state index >= 15 is 0 Å².